The average Bonchev–Trinajstić information content (AvgIpc) is 2.75. The summed E-state index contributed by atoms with van der Waals surface area (Å²) in [6, 6.07) is 15.8. The van der Waals surface area contributed by atoms with Crippen LogP contribution in [-0.2, 0) is 0 Å². The van der Waals surface area contributed by atoms with Crippen molar-refractivity contribution in [1.82, 2.24) is 0 Å². The molecule has 31 heavy (non-hydrogen) atoms. The zero-order chi connectivity index (χ0) is 22.4. The van der Waals surface area contributed by atoms with Gasteiger partial charge in [-0.3, -0.25) is 25.7 Å². The molecule has 0 radical (unpaired) electrons. The Morgan fingerprint density at radius 2 is 1.65 bits per heavy atom. The molecule has 0 aromatic heterocycles. The second-order valence-corrected chi connectivity index (χ2v) is 6.49. The molecule has 0 bridgehead atoms. The first-order valence-corrected chi connectivity index (χ1v) is 9.01. The van der Waals surface area contributed by atoms with Gasteiger partial charge in [0.15, 0.2) is 0 Å². The van der Waals surface area contributed by atoms with Crippen LogP contribution in [0, 0.1) is 20.2 Å². The van der Waals surface area contributed by atoms with Gasteiger partial charge in [-0.2, -0.15) is 5.10 Å². The van der Waals surface area contributed by atoms with E-state index in [2.05, 4.69) is 10.5 Å². The normalized spacial score (nSPS) is 10.6. The highest BCUT2D eigenvalue weighted by molar-refractivity contribution is 6.30. The van der Waals surface area contributed by atoms with E-state index >= 15 is 0 Å². The first-order chi connectivity index (χ1) is 14.8. The number of non-ortho nitro benzene ring substituents is 1. The number of anilines is 1. The van der Waals surface area contributed by atoms with Crippen LogP contribution in [-0.4, -0.2) is 22.0 Å². The lowest BCUT2D eigenvalue weighted by atomic mass is 10.2. The number of hydrazone groups is 1. The van der Waals surface area contributed by atoms with Gasteiger partial charge in [-0.05, 0) is 60.2 Å². The Morgan fingerprint density at radius 3 is 2.26 bits per heavy atom. The second-order valence-electron chi connectivity index (χ2n) is 6.05. The van der Waals surface area contributed by atoms with E-state index in [1.165, 1.54) is 12.3 Å². The Hall–Kier alpha value is -4.31. The van der Waals surface area contributed by atoms with Crippen LogP contribution in [0.4, 0.5) is 17.1 Å². The van der Waals surface area contributed by atoms with Crippen LogP contribution < -0.4 is 10.2 Å². The van der Waals surface area contributed by atoms with Crippen LogP contribution >= 0.6 is 11.6 Å². The number of ether oxygens (including phenoxy) is 1. The van der Waals surface area contributed by atoms with Crippen LogP contribution in [0.25, 0.3) is 0 Å². The summed E-state index contributed by atoms with van der Waals surface area (Å²) in [5.74, 6) is -0.221. The molecule has 0 aliphatic carbocycles. The Labute approximate surface area is 180 Å². The van der Waals surface area contributed by atoms with Crippen molar-refractivity contribution in [1.29, 1.82) is 0 Å². The van der Waals surface area contributed by atoms with Crippen LogP contribution in [0.5, 0.6) is 5.75 Å². The van der Waals surface area contributed by atoms with Gasteiger partial charge in [-0.1, -0.05) is 11.6 Å². The van der Waals surface area contributed by atoms with Crippen LogP contribution in [0.3, 0.4) is 0 Å². The lowest BCUT2D eigenvalue weighted by molar-refractivity contribution is -0.393. The fourth-order valence-electron chi connectivity index (χ4n) is 2.43. The third-order valence-corrected chi connectivity index (χ3v) is 4.21. The molecule has 10 nitrogen and oxygen atoms in total. The highest BCUT2D eigenvalue weighted by Crippen LogP contribution is 2.28. The van der Waals surface area contributed by atoms with Gasteiger partial charge in [0.25, 0.3) is 5.69 Å². The molecule has 156 valence electrons. The van der Waals surface area contributed by atoms with E-state index in [1.807, 2.05) is 0 Å². The zero-order valence-corrected chi connectivity index (χ0v) is 16.4. The van der Waals surface area contributed by atoms with Gasteiger partial charge in [0.05, 0.1) is 27.7 Å². The minimum Gasteiger partial charge on any atom is -0.423 e. The smallest absolute Gasteiger partial charge is 0.343 e. The zero-order valence-electron chi connectivity index (χ0n) is 15.6. The fourth-order valence-corrected chi connectivity index (χ4v) is 2.56. The summed E-state index contributed by atoms with van der Waals surface area (Å²) >= 11 is 5.79. The first kappa shape index (κ1) is 21.4. The molecule has 3 aromatic rings. The number of nitro groups is 2. The van der Waals surface area contributed by atoms with E-state index in [1.54, 1.807) is 48.5 Å². The average molecular weight is 441 g/mol. The van der Waals surface area contributed by atoms with Gasteiger partial charge in [0, 0.05) is 11.1 Å². The van der Waals surface area contributed by atoms with Crippen molar-refractivity contribution in [3.05, 3.63) is 103 Å². The third kappa shape index (κ3) is 5.61. The number of hydrogen-bond donors (Lipinski definition) is 1. The molecule has 0 aliphatic heterocycles. The predicted molar refractivity (Wildman–Crippen MR) is 114 cm³/mol. The number of benzene rings is 3. The Kier molecular flexibility index (Phi) is 6.53. The molecule has 0 saturated carbocycles. The van der Waals surface area contributed by atoms with E-state index < -0.39 is 27.2 Å². The summed E-state index contributed by atoms with van der Waals surface area (Å²) in [7, 11) is 0. The van der Waals surface area contributed by atoms with E-state index in [9.17, 15) is 25.0 Å². The molecule has 0 unspecified atom stereocenters. The number of esters is 1. The van der Waals surface area contributed by atoms with E-state index in [0.29, 0.717) is 21.9 Å². The predicted octanol–water partition coefficient (Wildman–Crippen LogP) is 4.82. The monoisotopic (exact) mass is 440 g/mol. The van der Waals surface area contributed by atoms with Crippen molar-refractivity contribution in [3.63, 3.8) is 0 Å². The molecule has 0 saturated heterocycles. The maximum Gasteiger partial charge on any atom is 0.343 e. The van der Waals surface area contributed by atoms with Gasteiger partial charge in [0.2, 0.25) is 0 Å². The van der Waals surface area contributed by atoms with Crippen molar-refractivity contribution < 1.29 is 19.4 Å². The molecule has 0 amide bonds. The molecule has 0 atom stereocenters. The first-order valence-electron chi connectivity index (χ1n) is 8.63. The molecule has 0 heterocycles. The van der Waals surface area contributed by atoms with Crippen LogP contribution in [0.15, 0.2) is 71.8 Å². The number of carbonyl (C=O) groups is 1. The molecule has 0 spiro atoms. The topological polar surface area (TPSA) is 137 Å². The fraction of sp³-hybridized carbons (Fsp3) is 0. The summed E-state index contributed by atoms with van der Waals surface area (Å²) < 4.78 is 5.27. The largest absolute Gasteiger partial charge is 0.423 e. The highest BCUT2D eigenvalue weighted by atomic mass is 35.5. The molecular formula is C20H13ClN4O6. The lowest BCUT2D eigenvalue weighted by Crippen LogP contribution is -2.08. The van der Waals surface area contributed by atoms with Gasteiger partial charge < -0.3 is 4.74 Å². The molecule has 0 fully saturated rings. The van der Waals surface area contributed by atoms with Gasteiger partial charge in [0.1, 0.15) is 11.4 Å². The van der Waals surface area contributed by atoms with E-state index in [4.69, 9.17) is 16.3 Å². The number of rotatable bonds is 7. The summed E-state index contributed by atoms with van der Waals surface area (Å²) in [5, 5.41) is 26.3. The SMILES string of the molecule is O=C(Oc1ccc(/C=N\Nc2ccc([N+](=O)[O-])cc2[N+](=O)[O-])cc1)c1ccc(Cl)cc1. The summed E-state index contributed by atoms with van der Waals surface area (Å²) in [6.45, 7) is 0. The minimum atomic E-state index is -0.741. The van der Waals surface area contributed by atoms with E-state index in [0.717, 1.165) is 12.1 Å². The molecule has 1 N–H and O–H groups in total. The number of hydrogen-bond acceptors (Lipinski definition) is 8. The van der Waals surface area contributed by atoms with Crippen molar-refractivity contribution in [2.24, 2.45) is 5.10 Å². The van der Waals surface area contributed by atoms with Crippen molar-refractivity contribution in [2.45, 2.75) is 0 Å². The number of nitrogens with zero attached hydrogens (tertiary/aromatic N) is 3. The number of nitrogens with one attached hydrogen (secondary N) is 1. The summed E-state index contributed by atoms with van der Waals surface area (Å²) in [6.07, 6.45) is 1.38. The number of carbonyl (C=O) groups excluding carboxylic acids is 1. The van der Waals surface area contributed by atoms with Gasteiger partial charge in [-0.25, -0.2) is 4.79 Å². The van der Waals surface area contributed by atoms with Crippen LogP contribution in [0.2, 0.25) is 5.02 Å². The molecule has 11 heteroatoms. The molecule has 3 aromatic carbocycles. The Morgan fingerprint density at radius 1 is 0.968 bits per heavy atom. The number of halogens is 1. The molecular weight excluding hydrogens is 428 g/mol. The summed E-state index contributed by atoms with van der Waals surface area (Å²) in [5.41, 5.74) is 2.58. The Bertz CT molecular complexity index is 1160. The maximum atomic E-state index is 12.1. The molecule has 0 aliphatic rings. The standard InChI is InChI=1S/C20H13ClN4O6/c21-15-5-3-14(4-6-15)20(26)31-17-8-1-13(2-9-17)12-22-23-18-10-7-16(24(27)28)11-19(18)25(29)30/h1-12,23H/b22-12-. The summed E-state index contributed by atoms with van der Waals surface area (Å²) in [4.78, 5) is 32.5. The van der Waals surface area contributed by atoms with Crippen molar-refractivity contribution >= 4 is 40.8 Å². The quantitative estimate of drug-likeness (QED) is 0.183. The molecule has 3 rings (SSSR count). The minimum absolute atomic E-state index is 0.000338. The van der Waals surface area contributed by atoms with Crippen molar-refractivity contribution in [3.8, 4) is 5.75 Å². The van der Waals surface area contributed by atoms with Crippen molar-refractivity contribution in [2.75, 3.05) is 5.43 Å². The second kappa shape index (κ2) is 9.46. The van der Waals surface area contributed by atoms with E-state index in [-0.39, 0.29) is 5.69 Å². The number of nitro benzene ring substituents is 2. The van der Waals surface area contributed by atoms with Crippen LogP contribution in [0.1, 0.15) is 15.9 Å². The van der Waals surface area contributed by atoms with Gasteiger partial charge in [-0.15, -0.1) is 0 Å². The lowest BCUT2D eigenvalue weighted by Gasteiger charge is -2.05. The third-order valence-electron chi connectivity index (χ3n) is 3.96. The Balaban J connectivity index is 1.65. The highest BCUT2D eigenvalue weighted by Gasteiger charge is 2.19. The van der Waals surface area contributed by atoms with Gasteiger partial charge >= 0.3 is 11.7 Å². The maximum absolute atomic E-state index is 12.1.